The summed E-state index contributed by atoms with van der Waals surface area (Å²) < 4.78 is 4.79. The predicted molar refractivity (Wildman–Crippen MR) is 76.0 cm³/mol. The van der Waals surface area contributed by atoms with Gasteiger partial charge in [-0.3, -0.25) is 4.79 Å². The number of carbonyl (C=O) groups excluding carboxylic acids is 1. The van der Waals surface area contributed by atoms with Gasteiger partial charge in [-0.25, -0.2) is 0 Å². The molecule has 106 valence electrons. The number of likely N-dealkylation sites (tertiary alicyclic amines) is 1. The van der Waals surface area contributed by atoms with E-state index in [4.69, 9.17) is 4.74 Å². The molecule has 1 unspecified atom stereocenters. The summed E-state index contributed by atoms with van der Waals surface area (Å²) >= 11 is 0. The van der Waals surface area contributed by atoms with Gasteiger partial charge in [0.2, 0.25) is 0 Å². The first-order chi connectivity index (χ1) is 9.74. The second-order valence-electron chi connectivity index (χ2n) is 5.19. The van der Waals surface area contributed by atoms with Crippen LogP contribution in [0.1, 0.15) is 24.3 Å². The zero-order chi connectivity index (χ0) is 14.4. The van der Waals surface area contributed by atoms with Crippen molar-refractivity contribution < 1.29 is 9.53 Å². The maximum Gasteiger partial charge on any atom is 0.308 e. The number of esters is 1. The molecule has 20 heavy (non-hydrogen) atoms. The monoisotopic (exact) mass is 272 g/mol. The normalized spacial score (nSPS) is 18.2. The molecule has 1 aliphatic heterocycles. The molecule has 0 amide bonds. The summed E-state index contributed by atoms with van der Waals surface area (Å²) in [5.74, 6) is -0.191. The van der Waals surface area contributed by atoms with Gasteiger partial charge in [-0.05, 0) is 31.5 Å². The highest BCUT2D eigenvalue weighted by Crippen LogP contribution is 2.22. The van der Waals surface area contributed by atoms with Gasteiger partial charge >= 0.3 is 5.97 Å². The molecule has 0 N–H and O–H groups in total. The largest absolute Gasteiger partial charge is 0.469 e. The Balaban J connectivity index is 1.89. The van der Waals surface area contributed by atoms with E-state index in [-0.39, 0.29) is 17.8 Å². The zero-order valence-electron chi connectivity index (χ0n) is 11.8. The van der Waals surface area contributed by atoms with Crippen molar-refractivity contribution in [1.82, 2.24) is 4.90 Å². The lowest BCUT2D eigenvalue weighted by Gasteiger charge is -2.31. The van der Waals surface area contributed by atoms with Crippen LogP contribution in [-0.4, -0.2) is 37.6 Å². The van der Waals surface area contributed by atoms with E-state index in [2.05, 4.69) is 11.0 Å². The van der Waals surface area contributed by atoms with Crippen LogP contribution in [0.5, 0.6) is 0 Å². The van der Waals surface area contributed by atoms with Crippen molar-refractivity contribution >= 4 is 5.97 Å². The highest BCUT2D eigenvalue weighted by Gasteiger charge is 2.26. The van der Waals surface area contributed by atoms with E-state index in [9.17, 15) is 10.1 Å². The molecular formula is C16H20N2O2. The van der Waals surface area contributed by atoms with Crippen LogP contribution in [0.2, 0.25) is 0 Å². The van der Waals surface area contributed by atoms with Gasteiger partial charge in [0.15, 0.2) is 0 Å². The summed E-state index contributed by atoms with van der Waals surface area (Å²) in [6, 6.07) is 12.2. The lowest BCUT2D eigenvalue weighted by Crippen LogP contribution is -2.38. The Morgan fingerprint density at radius 1 is 1.40 bits per heavy atom. The van der Waals surface area contributed by atoms with Gasteiger partial charge < -0.3 is 9.64 Å². The van der Waals surface area contributed by atoms with E-state index in [1.54, 1.807) is 0 Å². The van der Waals surface area contributed by atoms with Crippen molar-refractivity contribution in [3.05, 3.63) is 35.9 Å². The van der Waals surface area contributed by atoms with Gasteiger partial charge in [-0.2, -0.15) is 5.26 Å². The van der Waals surface area contributed by atoms with Crippen LogP contribution in [0.25, 0.3) is 0 Å². The lowest BCUT2D eigenvalue weighted by molar-refractivity contribution is -0.147. The van der Waals surface area contributed by atoms with E-state index in [0.717, 1.165) is 38.0 Å². The fourth-order valence-electron chi connectivity index (χ4n) is 2.68. The van der Waals surface area contributed by atoms with E-state index in [1.807, 2.05) is 30.3 Å². The second-order valence-corrected chi connectivity index (χ2v) is 5.19. The number of piperidine rings is 1. The van der Waals surface area contributed by atoms with Crippen LogP contribution in [-0.2, 0) is 9.53 Å². The average Bonchev–Trinajstić information content (AvgIpc) is 2.53. The minimum atomic E-state index is -0.107. The molecule has 4 nitrogen and oxygen atoms in total. The van der Waals surface area contributed by atoms with Crippen LogP contribution < -0.4 is 0 Å². The molecule has 0 bridgehead atoms. The highest BCUT2D eigenvalue weighted by atomic mass is 16.5. The SMILES string of the molecule is COC(=O)C1CCN(CC(C#N)c2ccccc2)CC1. The summed E-state index contributed by atoms with van der Waals surface area (Å²) in [6.45, 7) is 2.43. The minimum Gasteiger partial charge on any atom is -0.469 e. The molecule has 1 aliphatic rings. The molecule has 1 fully saturated rings. The molecule has 0 aromatic heterocycles. The Hall–Kier alpha value is -1.86. The first-order valence-electron chi connectivity index (χ1n) is 6.99. The number of hydrogen-bond acceptors (Lipinski definition) is 4. The first kappa shape index (κ1) is 14.5. The third-order valence-corrected chi connectivity index (χ3v) is 3.92. The molecule has 1 aromatic carbocycles. The van der Waals surface area contributed by atoms with Gasteiger partial charge in [0.25, 0.3) is 0 Å². The van der Waals surface area contributed by atoms with Gasteiger partial charge in [0.1, 0.15) is 0 Å². The molecule has 0 radical (unpaired) electrons. The Morgan fingerprint density at radius 3 is 2.60 bits per heavy atom. The average molecular weight is 272 g/mol. The Bertz CT molecular complexity index is 473. The summed E-state index contributed by atoms with van der Waals surface area (Å²) in [7, 11) is 1.44. The fourth-order valence-corrected chi connectivity index (χ4v) is 2.68. The van der Waals surface area contributed by atoms with E-state index in [0.29, 0.717) is 0 Å². The van der Waals surface area contributed by atoms with Crippen molar-refractivity contribution in [3.63, 3.8) is 0 Å². The van der Waals surface area contributed by atoms with Crippen LogP contribution in [0.3, 0.4) is 0 Å². The van der Waals surface area contributed by atoms with E-state index in [1.165, 1.54) is 7.11 Å². The van der Waals surface area contributed by atoms with Gasteiger partial charge in [0, 0.05) is 6.54 Å². The Kier molecular flexibility index (Phi) is 5.14. The van der Waals surface area contributed by atoms with Crippen molar-refractivity contribution in [3.8, 4) is 6.07 Å². The summed E-state index contributed by atoms with van der Waals surface area (Å²) in [6.07, 6.45) is 1.64. The summed E-state index contributed by atoms with van der Waals surface area (Å²) in [4.78, 5) is 13.7. The molecule has 1 aromatic rings. The van der Waals surface area contributed by atoms with Crippen molar-refractivity contribution in [2.45, 2.75) is 18.8 Å². The van der Waals surface area contributed by atoms with Crippen molar-refractivity contribution in [2.24, 2.45) is 5.92 Å². The fraction of sp³-hybridized carbons (Fsp3) is 0.500. The predicted octanol–water partition coefficient (Wildman–Crippen LogP) is 2.18. The summed E-state index contributed by atoms with van der Waals surface area (Å²) in [5.41, 5.74) is 1.06. The molecule has 4 heteroatoms. The Labute approximate surface area is 120 Å². The molecular weight excluding hydrogens is 252 g/mol. The molecule has 1 saturated heterocycles. The number of benzene rings is 1. The van der Waals surface area contributed by atoms with E-state index < -0.39 is 0 Å². The van der Waals surface area contributed by atoms with Crippen LogP contribution in [0, 0.1) is 17.2 Å². The summed E-state index contributed by atoms with van der Waals surface area (Å²) in [5, 5.41) is 9.34. The second kappa shape index (κ2) is 7.06. The smallest absolute Gasteiger partial charge is 0.308 e. The number of ether oxygens (including phenoxy) is 1. The Morgan fingerprint density at radius 2 is 2.05 bits per heavy atom. The van der Waals surface area contributed by atoms with Gasteiger partial charge in [-0.1, -0.05) is 30.3 Å². The van der Waals surface area contributed by atoms with Crippen LogP contribution >= 0.6 is 0 Å². The molecule has 0 spiro atoms. The topological polar surface area (TPSA) is 53.3 Å². The number of nitrogens with zero attached hydrogens (tertiary/aromatic N) is 2. The molecule has 0 saturated carbocycles. The van der Waals surface area contributed by atoms with Crippen LogP contribution in [0.4, 0.5) is 0 Å². The quantitative estimate of drug-likeness (QED) is 0.788. The number of rotatable bonds is 4. The lowest BCUT2D eigenvalue weighted by atomic mass is 9.94. The molecule has 1 atom stereocenters. The first-order valence-corrected chi connectivity index (χ1v) is 6.99. The molecule has 2 rings (SSSR count). The number of carbonyl (C=O) groups is 1. The van der Waals surface area contributed by atoms with Crippen molar-refractivity contribution in [1.29, 1.82) is 5.26 Å². The number of nitriles is 1. The van der Waals surface area contributed by atoms with Gasteiger partial charge in [-0.15, -0.1) is 0 Å². The molecule has 1 heterocycles. The number of methoxy groups -OCH3 is 1. The van der Waals surface area contributed by atoms with Crippen LogP contribution in [0.15, 0.2) is 30.3 Å². The highest BCUT2D eigenvalue weighted by molar-refractivity contribution is 5.72. The maximum absolute atomic E-state index is 11.5. The zero-order valence-corrected chi connectivity index (χ0v) is 11.8. The van der Waals surface area contributed by atoms with E-state index >= 15 is 0 Å². The number of hydrogen-bond donors (Lipinski definition) is 0. The molecule has 0 aliphatic carbocycles. The minimum absolute atomic E-state index is 0.0218. The van der Waals surface area contributed by atoms with Gasteiger partial charge in [0.05, 0.1) is 25.0 Å². The maximum atomic E-state index is 11.5. The van der Waals surface area contributed by atoms with Crippen molar-refractivity contribution in [2.75, 3.05) is 26.7 Å². The standard InChI is InChI=1S/C16H20N2O2/c1-20-16(19)14-7-9-18(10-8-14)12-15(11-17)13-5-3-2-4-6-13/h2-6,14-15H,7-10,12H2,1H3. The third-order valence-electron chi connectivity index (χ3n) is 3.92. The third kappa shape index (κ3) is 3.58.